The Morgan fingerprint density at radius 1 is 1.16 bits per heavy atom. The van der Waals surface area contributed by atoms with Gasteiger partial charge in [-0.25, -0.2) is 9.97 Å². The Labute approximate surface area is 183 Å². The molecular weight excluding hydrogens is 394 g/mol. The van der Waals surface area contributed by atoms with E-state index in [4.69, 9.17) is 25.2 Å². The van der Waals surface area contributed by atoms with E-state index in [1.165, 1.54) is 0 Å². The summed E-state index contributed by atoms with van der Waals surface area (Å²) in [6, 6.07) is 8.03. The van der Waals surface area contributed by atoms with Crippen molar-refractivity contribution < 1.29 is 14.6 Å². The van der Waals surface area contributed by atoms with Gasteiger partial charge in [-0.1, -0.05) is 12.1 Å². The van der Waals surface area contributed by atoms with Crippen molar-refractivity contribution in [2.75, 3.05) is 42.6 Å². The molecule has 1 aromatic carbocycles. The molecule has 0 bridgehead atoms. The van der Waals surface area contributed by atoms with Gasteiger partial charge in [-0.05, 0) is 38.8 Å². The first kappa shape index (κ1) is 20.5. The van der Waals surface area contributed by atoms with Crippen molar-refractivity contribution in [2.24, 2.45) is 11.1 Å². The number of aromatic nitrogens is 2. The van der Waals surface area contributed by atoms with E-state index >= 15 is 0 Å². The fourth-order valence-electron chi connectivity index (χ4n) is 5.17. The van der Waals surface area contributed by atoms with Crippen LogP contribution in [0.5, 0.6) is 5.75 Å². The Morgan fingerprint density at radius 2 is 1.94 bits per heavy atom. The van der Waals surface area contributed by atoms with Crippen molar-refractivity contribution in [3.63, 3.8) is 0 Å². The van der Waals surface area contributed by atoms with Gasteiger partial charge in [0.05, 0.1) is 37.2 Å². The first-order valence-electron chi connectivity index (χ1n) is 11.1. The highest BCUT2D eigenvalue weighted by Crippen LogP contribution is 2.43. The molecule has 4 heterocycles. The first-order chi connectivity index (χ1) is 15.0. The van der Waals surface area contributed by atoms with Crippen molar-refractivity contribution in [3.8, 4) is 5.75 Å². The molecule has 0 unspecified atom stereocenters. The van der Waals surface area contributed by atoms with Gasteiger partial charge in [0, 0.05) is 24.5 Å². The number of aliphatic hydroxyl groups is 1. The van der Waals surface area contributed by atoms with Crippen molar-refractivity contribution in [3.05, 3.63) is 35.7 Å². The van der Waals surface area contributed by atoms with Gasteiger partial charge >= 0.3 is 0 Å². The summed E-state index contributed by atoms with van der Waals surface area (Å²) in [5.41, 5.74) is 8.95. The standard InChI is InChI=1S/C23H31N5O3/c1-15-21(28-11-12-30-19-6-4-3-5-18(19)28)26-17(13-29)22(25-15)27-9-7-23(8-10-27)14-31-16(2)20(23)24/h3-6,16,20,29H,7-14,24H2,1-2H3/t16-,20+/m0/s1. The van der Waals surface area contributed by atoms with Crippen LogP contribution in [0.1, 0.15) is 31.2 Å². The zero-order chi connectivity index (χ0) is 21.6. The van der Waals surface area contributed by atoms with Crippen LogP contribution in [0.25, 0.3) is 0 Å². The monoisotopic (exact) mass is 425 g/mol. The summed E-state index contributed by atoms with van der Waals surface area (Å²) in [5, 5.41) is 10.1. The molecule has 5 rings (SSSR count). The number of fused-ring (bicyclic) bond motifs is 1. The second-order valence-electron chi connectivity index (χ2n) is 8.92. The molecule has 2 aromatic rings. The minimum atomic E-state index is -0.150. The number of piperidine rings is 1. The third kappa shape index (κ3) is 3.43. The number of rotatable bonds is 3. The number of aliphatic hydroxyl groups excluding tert-OH is 1. The Morgan fingerprint density at radius 3 is 2.65 bits per heavy atom. The molecule has 3 N–H and O–H groups in total. The lowest BCUT2D eigenvalue weighted by Crippen LogP contribution is -2.51. The lowest BCUT2D eigenvalue weighted by Gasteiger charge is -2.42. The van der Waals surface area contributed by atoms with E-state index in [1.807, 2.05) is 31.2 Å². The average Bonchev–Trinajstić information content (AvgIpc) is 3.08. The maximum absolute atomic E-state index is 10.1. The summed E-state index contributed by atoms with van der Waals surface area (Å²) < 4.78 is 11.6. The first-order valence-corrected chi connectivity index (χ1v) is 11.1. The van der Waals surface area contributed by atoms with E-state index in [9.17, 15) is 5.11 Å². The van der Waals surface area contributed by atoms with Crippen LogP contribution in [0.4, 0.5) is 17.3 Å². The molecule has 0 amide bonds. The van der Waals surface area contributed by atoms with Crippen LogP contribution in [0.15, 0.2) is 24.3 Å². The largest absolute Gasteiger partial charge is 0.490 e. The van der Waals surface area contributed by atoms with Crippen LogP contribution in [-0.4, -0.2) is 60.1 Å². The van der Waals surface area contributed by atoms with Gasteiger partial charge in [0.1, 0.15) is 18.1 Å². The molecule has 166 valence electrons. The fourth-order valence-corrected chi connectivity index (χ4v) is 5.17. The van der Waals surface area contributed by atoms with Crippen LogP contribution < -0.4 is 20.3 Å². The fraction of sp³-hybridized carbons (Fsp3) is 0.565. The van der Waals surface area contributed by atoms with Crippen molar-refractivity contribution in [1.29, 1.82) is 0 Å². The SMILES string of the molecule is Cc1nc(N2CCC3(CC2)CO[C@@H](C)[C@H]3N)c(CO)nc1N1CCOc2ccccc21. The van der Waals surface area contributed by atoms with E-state index in [2.05, 4.69) is 16.7 Å². The third-order valence-corrected chi connectivity index (χ3v) is 7.14. The molecule has 8 heteroatoms. The number of benzene rings is 1. The second-order valence-corrected chi connectivity index (χ2v) is 8.92. The van der Waals surface area contributed by atoms with Gasteiger partial charge in [-0.15, -0.1) is 0 Å². The number of nitrogens with zero attached hydrogens (tertiary/aromatic N) is 4. The second kappa shape index (κ2) is 7.93. The van der Waals surface area contributed by atoms with E-state index in [-0.39, 0.29) is 24.2 Å². The minimum Gasteiger partial charge on any atom is -0.490 e. The molecule has 3 aliphatic rings. The number of aryl methyl sites for hydroxylation is 1. The predicted molar refractivity (Wildman–Crippen MR) is 119 cm³/mol. The maximum atomic E-state index is 10.1. The Kier molecular flexibility index (Phi) is 5.24. The molecule has 2 saturated heterocycles. The maximum Gasteiger partial charge on any atom is 0.155 e. The molecule has 3 aliphatic heterocycles. The number of nitrogens with two attached hydrogens (primary N) is 1. The third-order valence-electron chi connectivity index (χ3n) is 7.14. The molecular formula is C23H31N5O3. The number of hydrogen-bond acceptors (Lipinski definition) is 8. The number of hydrogen-bond donors (Lipinski definition) is 2. The quantitative estimate of drug-likeness (QED) is 0.772. The zero-order valence-electron chi connectivity index (χ0n) is 18.3. The van der Waals surface area contributed by atoms with Gasteiger partial charge in [-0.2, -0.15) is 0 Å². The lowest BCUT2D eigenvalue weighted by molar-refractivity contribution is 0.0973. The molecule has 1 aromatic heterocycles. The van der Waals surface area contributed by atoms with Crippen LogP contribution in [0.2, 0.25) is 0 Å². The molecule has 1 spiro atoms. The predicted octanol–water partition coefficient (Wildman–Crippen LogP) is 2.14. The van der Waals surface area contributed by atoms with Gasteiger partial charge in [0.15, 0.2) is 11.6 Å². The van der Waals surface area contributed by atoms with Crippen molar-refractivity contribution in [2.45, 2.75) is 45.4 Å². The summed E-state index contributed by atoms with van der Waals surface area (Å²) >= 11 is 0. The molecule has 0 aliphatic carbocycles. The highest BCUT2D eigenvalue weighted by molar-refractivity contribution is 5.70. The molecule has 31 heavy (non-hydrogen) atoms. The summed E-state index contributed by atoms with van der Waals surface area (Å²) in [6.45, 7) is 7.59. The summed E-state index contributed by atoms with van der Waals surface area (Å²) in [7, 11) is 0. The molecule has 8 nitrogen and oxygen atoms in total. The number of anilines is 3. The summed E-state index contributed by atoms with van der Waals surface area (Å²) in [6.07, 6.45) is 2.03. The molecule has 2 atom stereocenters. The van der Waals surface area contributed by atoms with Crippen LogP contribution >= 0.6 is 0 Å². The highest BCUT2D eigenvalue weighted by Gasteiger charge is 2.47. The van der Waals surface area contributed by atoms with Gasteiger partial charge < -0.3 is 30.1 Å². The molecule has 2 fully saturated rings. The number of ether oxygens (including phenoxy) is 2. The van der Waals surface area contributed by atoms with E-state index in [0.717, 1.165) is 61.3 Å². The molecule has 0 radical (unpaired) electrons. The van der Waals surface area contributed by atoms with Crippen LogP contribution in [-0.2, 0) is 11.3 Å². The van der Waals surface area contributed by atoms with Crippen molar-refractivity contribution in [1.82, 2.24) is 9.97 Å². The van der Waals surface area contributed by atoms with Gasteiger partial charge in [0.25, 0.3) is 0 Å². The summed E-state index contributed by atoms with van der Waals surface area (Å²) in [5.74, 6) is 2.40. The van der Waals surface area contributed by atoms with Crippen LogP contribution in [0, 0.1) is 12.3 Å². The Bertz CT molecular complexity index is 960. The van der Waals surface area contributed by atoms with Crippen LogP contribution in [0.3, 0.4) is 0 Å². The van der Waals surface area contributed by atoms with E-state index in [0.29, 0.717) is 18.8 Å². The average molecular weight is 426 g/mol. The Hall–Kier alpha value is -2.42. The Balaban J connectivity index is 1.42. The number of para-hydroxylation sites is 2. The molecule has 0 saturated carbocycles. The smallest absolute Gasteiger partial charge is 0.155 e. The minimum absolute atomic E-state index is 0.0508. The van der Waals surface area contributed by atoms with Crippen molar-refractivity contribution >= 4 is 17.3 Å². The normalized spacial score (nSPS) is 24.9. The van der Waals surface area contributed by atoms with Gasteiger partial charge in [-0.3, -0.25) is 0 Å². The van der Waals surface area contributed by atoms with E-state index < -0.39 is 0 Å². The lowest BCUT2D eigenvalue weighted by atomic mass is 9.73. The van der Waals surface area contributed by atoms with E-state index in [1.54, 1.807) is 0 Å². The summed E-state index contributed by atoms with van der Waals surface area (Å²) in [4.78, 5) is 14.2. The topological polar surface area (TPSA) is 97.0 Å². The highest BCUT2D eigenvalue weighted by atomic mass is 16.5. The zero-order valence-corrected chi connectivity index (χ0v) is 18.3. The van der Waals surface area contributed by atoms with Gasteiger partial charge in [0.2, 0.25) is 0 Å².